The fourth-order valence-electron chi connectivity index (χ4n) is 3.08. The Kier molecular flexibility index (Phi) is 5.48. The lowest BCUT2D eigenvalue weighted by atomic mass is 9.98. The molecular weight excluding hydrogens is 312 g/mol. The first kappa shape index (κ1) is 16.6. The normalized spacial score (nSPS) is 18.3. The van der Waals surface area contributed by atoms with Gasteiger partial charge in [0.1, 0.15) is 17.4 Å². The summed E-state index contributed by atoms with van der Waals surface area (Å²) < 4.78 is 10.7. The zero-order valence-corrected chi connectivity index (χ0v) is 14.3. The molecule has 2 aromatic rings. The van der Waals surface area contributed by atoms with Crippen LogP contribution in [0.15, 0.2) is 28.2 Å². The van der Waals surface area contributed by atoms with Crippen molar-refractivity contribution in [3.05, 3.63) is 40.2 Å². The monoisotopic (exact) mass is 336 g/mol. The summed E-state index contributed by atoms with van der Waals surface area (Å²) in [4.78, 5) is 4.67. The van der Waals surface area contributed by atoms with Gasteiger partial charge in [0.2, 0.25) is 0 Å². The van der Waals surface area contributed by atoms with Gasteiger partial charge in [-0.25, -0.2) is 4.98 Å². The van der Waals surface area contributed by atoms with Crippen LogP contribution < -0.4 is 5.32 Å². The molecule has 1 aliphatic rings. The summed E-state index contributed by atoms with van der Waals surface area (Å²) in [5, 5.41) is 17.0. The summed E-state index contributed by atoms with van der Waals surface area (Å²) in [6.45, 7) is 3.22. The third-order valence-electron chi connectivity index (χ3n) is 4.30. The van der Waals surface area contributed by atoms with Crippen LogP contribution in [0.2, 0.25) is 0 Å². The maximum Gasteiger partial charge on any atom is 0.129 e. The molecule has 0 aliphatic heterocycles. The number of aliphatic hydroxyl groups excluding tert-OH is 1. The largest absolute Gasteiger partial charge is 0.467 e. The molecular formula is C17H24N2O3S. The molecule has 1 saturated carbocycles. The van der Waals surface area contributed by atoms with Crippen molar-refractivity contribution in [2.75, 3.05) is 13.2 Å². The van der Waals surface area contributed by atoms with Gasteiger partial charge in [-0.05, 0) is 31.9 Å². The van der Waals surface area contributed by atoms with Crippen LogP contribution in [0.1, 0.15) is 42.1 Å². The number of nitrogens with one attached hydrogen (secondary N) is 1. The lowest BCUT2D eigenvalue weighted by Crippen LogP contribution is -2.44. The fourth-order valence-corrected chi connectivity index (χ4v) is 4.11. The van der Waals surface area contributed by atoms with Crippen LogP contribution in [0.25, 0.3) is 0 Å². The summed E-state index contributed by atoms with van der Waals surface area (Å²) in [5.74, 6) is 0.774. The first-order chi connectivity index (χ1) is 11.2. The molecule has 126 valence electrons. The van der Waals surface area contributed by atoms with Crippen molar-refractivity contribution in [1.29, 1.82) is 0 Å². The van der Waals surface area contributed by atoms with Crippen molar-refractivity contribution >= 4 is 11.3 Å². The van der Waals surface area contributed by atoms with Gasteiger partial charge in [0.15, 0.2) is 0 Å². The Bertz CT molecular complexity index is 591. The van der Waals surface area contributed by atoms with E-state index in [2.05, 4.69) is 15.7 Å². The molecule has 2 heterocycles. The molecule has 0 spiro atoms. The average molecular weight is 336 g/mol. The highest BCUT2D eigenvalue weighted by Gasteiger charge is 2.38. The molecule has 0 bridgehead atoms. The van der Waals surface area contributed by atoms with Crippen LogP contribution in [0.5, 0.6) is 0 Å². The second kappa shape index (κ2) is 7.57. The van der Waals surface area contributed by atoms with E-state index < -0.39 is 6.10 Å². The molecule has 5 nitrogen and oxygen atoms in total. The molecule has 0 amide bonds. The van der Waals surface area contributed by atoms with E-state index in [0.717, 1.165) is 29.3 Å². The molecule has 0 aromatic carbocycles. The van der Waals surface area contributed by atoms with E-state index in [1.807, 2.05) is 19.1 Å². The number of aryl methyl sites for hydroxylation is 1. The number of furan rings is 1. The minimum absolute atomic E-state index is 0.0685. The summed E-state index contributed by atoms with van der Waals surface area (Å²) in [5.41, 5.74) is 1.00. The smallest absolute Gasteiger partial charge is 0.129 e. The van der Waals surface area contributed by atoms with Gasteiger partial charge in [-0.1, -0.05) is 12.8 Å². The predicted molar refractivity (Wildman–Crippen MR) is 89.4 cm³/mol. The minimum Gasteiger partial charge on any atom is -0.467 e. The first-order valence-electron chi connectivity index (χ1n) is 8.14. The topological polar surface area (TPSA) is 67.5 Å². The first-order valence-corrected chi connectivity index (χ1v) is 9.02. The Hall–Kier alpha value is -1.21. The zero-order valence-electron chi connectivity index (χ0n) is 13.5. The minimum atomic E-state index is -0.538. The lowest BCUT2D eigenvalue weighted by Gasteiger charge is -2.29. The highest BCUT2D eigenvalue weighted by molar-refractivity contribution is 7.09. The standard InChI is InChI=1S/C17H24N2O3S/c1-13-12-23-16(19-13)17(6-2-3-7-17)18-9-14(20)10-21-11-15-5-4-8-22-15/h4-5,8,12,14,18,20H,2-3,6-7,9-11H2,1H3. The lowest BCUT2D eigenvalue weighted by molar-refractivity contribution is 0.0188. The number of hydrogen-bond acceptors (Lipinski definition) is 6. The number of hydrogen-bond donors (Lipinski definition) is 2. The van der Waals surface area contributed by atoms with Crippen LogP contribution in [0.4, 0.5) is 0 Å². The van der Waals surface area contributed by atoms with Crippen LogP contribution in [-0.4, -0.2) is 29.3 Å². The van der Waals surface area contributed by atoms with Crippen LogP contribution in [0.3, 0.4) is 0 Å². The number of ether oxygens (including phenoxy) is 1. The summed E-state index contributed by atoms with van der Waals surface area (Å²) in [6.07, 6.45) is 5.66. The van der Waals surface area contributed by atoms with Crippen molar-refractivity contribution in [2.45, 2.75) is 50.9 Å². The number of aromatic nitrogens is 1. The summed E-state index contributed by atoms with van der Waals surface area (Å²) in [7, 11) is 0. The van der Waals surface area contributed by atoms with Gasteiger partial charge >= 0.3 is 0 Å². The van der Waals surface area contributed by atoms with Crippen LogP contribution in [0, 0.1) is 6.92 Å². The SMILES string of the molecule is Cc1csc(C2(NCC(O)COCc3ccco3)CCCC2)n1. The molecule has 23 heavy (non-hydrogen) atoms. The number of aliphatic hydroxyl groups is 1. The van der Waals surface area contributed by atoms with Gasteiger partial charge in [-0.15, -0.1) is 11.3 Å². The maximum absolute atomic E-state index is 10.2. The summed E-state index contributed by atoms with van der Waals surface area (Å²) >= 11 is 1.71. The molecule has 1 atom stereocenters. The van der Waals surface area contributed by atoms with Crippen LogP contribution >= 0.6 is 11.3 Å². The molecule has 0 radical (unpaired) electrons. The van der Waals surface area contributed by atoms with Crippen molar-refractivity contribution in [3.8, 4) is 0 Å². The van der Waals surface area contributed by atoms with E-state index >= 15 is 0 Å². The maximum atomic E-state index is 10.2. The quantitative estimate of drug-likeness (QED) is 0.776. The zero-order chi connectivity index (χ0) is 16.1. The number of rotatable bonds is 8. The average Bonchev–Trinajstić information content (AvgIpc) is 3.27. The van der Waals surface area contributed by atoms with E-state index in [9.17, 15) is 5.11 Å². The molecule has 2 N–H and O–H groups in total. The van der Waals surface area contributed by atoms with Crippen molar-refractivity contribution < 1.29 is 14.3 Å². The van der Waals surface area contributed by atoms with E-state index in [1.54, 1.807) is 17.6 Å². The highest BCUT2D eigenvalue weighted by atomic mass is 32.1. The van der Waals surface area contributed by atoms with E-state index in [0.29, 0.717) is 19.8 Å². The predicted octanol–water partition coefficient (Wildman–Crippen LogP) is 2.98. The van der Waals surface area contributed by atoms with E-state index in [1.165, 1.54) is 12.8 Å². The number of nitrogens with zero attached hydrogens (tertiary/aromatic N) is 1. The molecule has 1 fully saturated rings. The van der Waals surface area contributed by atoms with Gasteiger partial charge in [-0.2, -0.15) is 0 Å². The van der Waals surface area contributed by atoms with Crippen molar-refractivity contribution in [2.24, 2.45) is 0 Å². The molecule has 6 heteroatoms. The third kappa shape index (κ3) is 4.20. The van der Waals surface area contributed by atoms with E-state index in [4.69, 9.17) is 9.15 Å². The molecule has 1 aliphatic carbocycles. The van der Waals surface area contributed by atoms with Gasteiger partial charge in [0, 0.05) is 17.6 Å². The molecule has 1 unspecified atom stereocenters. The van der Waals surface area contributed by atoms with Crippen molar-refractivity contribution in [3.63, 3.8) is 0 Å². The Morgan fingerprint density at radius 3 is 2.96 bits per heavy atom. The number of thiazole rings is 1. The Morgan fingerprint density at radius 2 is 2.30 bits per heavy atom. The second-order valence-corrected chi connectivity index (χ2v) is 7.07. The van der Waals surface area contributed by atoms with Gasteiger partial charge in [0.05, 0.1) is 24.5 Å². The van der Waals surface area contributed by atoms with E-state index in [-0.39, 0.29) is 5.54 Å². The van der Waals surface area contributed by atoms with Gasteiger partial charge in [-0.3, -0.25) is 0 Å². The Labute approximate surface area is 140 Å². The van der Waals surface area contributed by atoms with Gasteiger partial charge < -0.3 is 19.6 Å². The molecule has 3 rings (SSSR count). The Balaban J connectivity index is 1.49. The third-order valence-corrected chi connectivity index (χ3v) is 5.46. The molecule has 0 saturated heterocycles. The Morgan fingerprint density at radius 1 is 1.48 bits per heavy atom. The second-order valence-electron chi connectivity index (χ2n) is 6.21. The van der Waals surface area contributed by atoms with Crippen molar-refractivity contribution in [1.82, 2.24) is 10.3 Å². The van der Waals surface area contributed by atoms with Gasteiger partial charge in [0.25, 0.3) is 0 Å². The fraction of sp³-hybridized carbons (Fsp3) is 0.588. The molecule has 2 aromatic heterocycles. The summed E-state index contributed by atoms with van der Waals surface area (Å²) in [6, 6.07) is 3.69. The van der Waals surface area contributed by atoms with Crippen LogP contribution in [-0.2, 0) is 16.9 Å². The highest BCUT2D eigenvalue weighted by Crippen LogP contribution is 2.40.